The fraction of sp³-hybridized carbons (Fsp3) is 0.333. The van der Waals surface area contributed by atoms with Gasteiger partial charge in [0, 0.05) is 0 Å². The number of esters is 1. The molecule has 0 aliphatic heterocycles. The van der Waals surface area contributed by atoms with E-state index in [9.17, 15) is 8.68 Å². The van der Waals surface area contributed by atoms with Crippen LogP contribution in [0.25, 0.3) is 0 Å². The minimum atomic E-state index is -0.488. The molecule has 0 atom stereocenters. The normalized spacial score (nSPS) is 9.83. The van der Waals surface area contributed by atoms with Crippen LogP contribution >= 0.6 is 12.3 Å². The molecule has 0 saturated heterocycles. The zero-order chi connectivity index (χ0) is 8.97. The monoisotopic (exact) mass is 190 g/mol. The number of rotatable bonds is 3. The first kappa shape index (κ1) is 9.05. The Bertz CT molecular complexity index is 276. The molecule has 1 aromatic heterocycles. The summed E-state index contributed by atoms with van der Waals surface area (Å²) in [6.07, 6.45) is 2.52. The van der Waals surface area contributed by atoms with Crippen molar-refractivity contribution in [1.82, 2.24) is 9.19 Å². The molecule has 66 valence electrons. The van der Waals surface area contributed by atoms with Crippen LogP contribution in [0, 0.1) is 0 Å². The quantitative estimate of drug-likeness (QED) is 0.676. The maximum absolute atomic E-state index is 11.9. The van der Waals surface area contributed by atoms with Gasteiger partial charge in [0.2, 0.25) is 0 Å². The topological polar surface area (TPSA) is 44.1 Å². The molecule has 6 heteroatoms. The Morgan fingerprint density at radius 2 is 2.67 bits per heavy atom. The summed E-state index contributed by atoms with van der Waals surface area (Å²) < 4.78 is 17.5. The van der Waals surface area contributed by atoms with Crippen molar-refractivity contribution in [2.75, 3.05) is 6.61 Å². The van der Waals surface area contributed by atoms with Gasteiger partial charge >= 0.3 is 5.97 Å². The Morgan fingerprint density at radius 3 is 3.17 bits per heavy atom. The summed E-state index contributed by atoms with van der Waals surface area (Å²) in [6.45, 7) is 2.00. The fourth-order valence-corrected chi connectivity index (χ4v) is 0.899. The van der Waals surface area contributed by atoms with E-state index in [1.165, 1.54) is 12.4 Å². The number of hydrogen-bond acceptors (Lipinski definition) is 4. The van der Waals surface area contributed by atoms with E-state index in [4.69, 9.17) is 0 Å². The molecule has 4 nitrogen and oxygen atoms in total. The first-order chi connectivity index (χ1) is 5.77. The van der Waals surface area contributed by atoms with Gasteiger partial charge in [0.15, 0.2) is 12.3 Å². The van der Waals surface area contributed by atoms with Crippen LogP contribution in [0.1, 0.15) is 17.3 Å². The molecule has 0 fully saturated rings. The Morgan fingerprint density at radius 1 is 1.92 bits per heavy atom. The maximum Gasteiger partial charge on any atom is 0.341 e. The lowest BCUT2D eigenvalue weighted by atomic mass is 10.4. The van der Waals surface area contributed by atoms with Gasteiger partial charge in [-0.25, -0.2) is 4.79 Å². The van der Waals surface area contributed by atoms with Gasteiger partial charge in [0.05, 0.1) is 24.6 Å². The van der Waals surface area contributed by atoms with E-state index in [2.05, 4.69) is 9.84 Å². The SMILES string of the molecule is CCOC(=O)c1cnn(SF)c1. The zero-order valence-corrected chi connectivity index (χ0v) is 7.18. The van der Waals surface area contributed by atoms with Gasteiger partial charge in [-0.05, 0) is 6.92 Å². The van der Waals surface area contributed by atoms with Crippen LogP contribution in [0.5, 0.6) is 0 Å². The van der Waals surface area contributed by atoms with Gasteiger partial charge in [-0.15, -0.1) is 3.89 Å². The number of hydrogen-bond donors (Lipinski definition) is 0. The van der Waals surface area contributed by atoms with Crippen LogP contribution in [0.2, 0.25) is 0 Å². The van der Waals surface area contributed by atoms with Crippen LogP contribution in [0.15, 0.2) is 12.4 Å². The molecule has 1 aromatic rings. The van der Waals surface area contributed by atoms with Crippen molar-refractivity contribution in [3.63, 3.8) is 0 Å². The van der Waals surface area contributed by atoms with Crippen molar-refractivity contribution in [2.45, 2.75) is 6.92 Å². The van der Waals surface area contributed by atoms with Crippen LogP contribution in [-0.2, 0) is 4.74 Å². The van der Waals surface area contributed by atoms with Crippen molar-refractivity contribution in [3.8, 4) is 0 Å². The predicted molar refractivity (Wildman–Crippen MR) is 42.3 cm³/mol. The van der Waals surface area contributed by atoms with Crippen LogP contribution < -0.4 is 0 Å². The number of ether oxygens (including phenoxy) is 1. The fourth-order valence-electron chi connectivity index (χ4n) is 0.662. The minimum Gasteiger partial charge on any atom is -0.462 e. The third-order valence-corrected chi connectivity index (χ3v) is 1.48. The first-order valence-electron chi connectivity index (χ1n) is 3.28. The van der Waals surface area contributed by atoms with Gasteiger partial charge in [0.1, 0.15) is 0 Å². The van der Waals surface area contributed by atoms with Crippen LogP contribution in [0.3, 0.4) is 0 Å². The summed E-state index contributed by atoms with van der Waals surface area (Å²) in [5.41, 5.74) is 0.252. The van der Waals surface area contributed by atoms with E-state index < -0.39 is 5.97 Å². The summed E-state index contributed by atoms with van der Waals surface area (Å²) in [6, 6.07) is 0. The van der Waals surface area contributed by atoms with E-state index in [0.717, 1.165) is 4.09 Å². The highest BCUT2D eigenvalue weighted by Crippen LogP contribution is 2.08. The average molecular weight is 190 g/mol. The molecular weight excluding hydrogens is 183 g/mol. The third kappa shape index (κ3) is 1.97. The van der Waals surface area contributed by atoms with E-state index in [-0.39, 0.29) is 17.9 Å². The molecule has 0 radical (unpaired) electrons. The summed E-state index contributed by atoms with van der Waals surface area (Å²) in [7, 11) is 0. The zero-order valence-electron chi connectivity index (χ0n) is 6.36. The predicted octanol–water partition coefficient (Wildman–Crippen LogP) is 1.44. The molecular formula is C6H7FN2O2S. The molecule has 0 unspecified atom stereocenters. The second-order valence-corrected chi connectivity index (χ2v) is 2.43. The lowest BCUT2D eigenvalue weighted by Gasteiger charge is -1.95. The van der Waals surface area contributed by atoms with Crippen molar-refractivity contribution >= 4 is 18.3 Å². The molecule has 12 heavy (non-hydrogen) atoms. The van der Waals surface area contributed by atoms with E-state index in [0.29, 0.717) is 6.61 Å². The van der Waals surface area contributed by atoms with Crippen LogP contribution in [-0.4, -0.2) is 21.8 Å². The maximum atomic E-state index is 11.9. The van der Waals surface area contributed by atoms with Gasteiger partial charge in [0.25, 0.3) is 0 Å². The second kappa shape index (κ2) is 4.10. The number of aromatic nitrogens is 2. The Kier molecular flexibility index (Phi) is 3.09. The highest BCUT2D eigenvalue weighted by Gasteiger charge is 2.08. The molecule has 0 N–H and O–H groups in total. The second-order valence-electron chi connectivity index (χ2n) is 1.92. The highest BCUT2D eigenvalue weighted by atomic mass is 32.2. The average Bonchev–Trinajstić information content (AvgIpc) is 2.52. The Hall–Kier alpha value is -1.04. The van der Waals surface area contributed by atoms with Gasteiger partial charge < -0.3 is 4.74 Å². The van der Waals surface area contributed by atoms with Gasteiger partial charge in [-0.1, -0.05) is 0 Å². The van der Waals surface area contributed by atoms with Crippen molar-refractivity contribution in [1.29, 1.82) is 0 Å². The molecule has 0 saturated carbocycles. The van der Waals surface area contributed by atoms with Gasteiger partial charge in [-0.3, -0.25) is 0 Å². The van der Waals surface area contributed by atoms with E-state index in [1.807, 2.05) is 0 Å². The summed E-state index contributed by atoms with van der Waals surface area (Å²) >= 11 is -0.0771. The summed E-state index contributed by atoms with van der Waals surface area (Å²) in [5.74, 6) is -0.488. The molecule has 1 heterocycles. The molecule has 1 rings (SSSR count). The molecule has 0 aliphatic rings. The standard InChI is InChI=1S/C6H7FN2O2S/c1-2-11-6(10)5-3-8-9(4-5)12-7/h3-4H,2H2,1H3. The van der Waals surface area contributed by atoms with E-state index in [1.54, 1.807) is 6.92 Å². The lowest BCUT2D eigenvalue weighted by molar-refractivity contribution is 0.0526. The van der Waals surface area contributed by atoms with Crippen LogP contribution in [0.4, 0.5) is 3.89 Å². The largest absolute Gasteiger partial charge is 0.462 e. The van der Waals surface area contributed by atoms with Crippen molar-refractivity contribution < 1.29 is 13.4 Å². The van der Waals surface area contributed by atoms with Gasteiger partial charge in [-0.2, -0.15) is 9.19 Å². The number of halogens is 1. The van der Waals surface area contributed by atoms with Crippen molar-refractivity contribution in [3.05, 3.63) is 18.0 Å². The lowest BCUT2D eigenvalue weighted by Crippen LogP contribution is -2.02. The summed E-state index contributed by atoms with van der Waals surface area (Å²) in [5, 5.41) is 3.54. The molecule has 0 spiro atoms. The summed E-state index contributed by atoms with van der Waals surface area (Å²) in [4.78, 5) is 11.0. The highest BCUT2D eigenvalue weighted by molar-refractivity contribution is 7.92. The molecule has 0 bridgehead atoms. The number of carbonyl (C=O) groups is 1. The molecule has 0 aromatic carbocycles. The third-order valence-electron chi connectivity index (χ3n) is 1.14. The smallest absolute Gasteiger partial charge is 0.341 e. The van der Waals surface area contributed by atoms with E-state index >= 15 is 0 Å². The Labute approximate surface area is 73.1 Å². The molecule has 0 amide bonds. The number of nitrogens with zero attached hydrogens (tertiary/aromatic N) is 2. The Balaban J connectivity index is 2.68. The first-order valence-corrected chi connectivity index (χ1v) is 3.96. The minimum absolute atomic E-state index is 0.0771. The van der Waals surface area contributed by atoms with Crippen molar-refractivity contribution in [2.24, 2.45) is 0 Å². The number of carbonyl (C=O) groups excluding carboxylic acids is 1. The molecule has 0 aliphatic carbocycles.